The molecule has 0 spiro atoms. The van der Waals surface area contributed by atoms with E-state index < -0.39 is 47.6 Å². The summed E-state index contributed by atoms with van der Waals surface area (Å²) < 4.78 is 13.1. The lowest BCUT2D eigenvalue weighted by Gasteiger charge is -2.22. The van der Waals surface area contributed by atoms with Gasteiger partial charge in [-0.3, -0.25) is 19.3 Å². The van der Waals surface area contributed by atoms with Crippen molar-refractivity contribution >= 4 is 23.8 Å². The molecule has 1 aliphatic heterocycles. The largest absolute Gasteiger partial charge is 0.369 e. The monoisotopic (exact) mass is 440 g/mol. The quantitative estimate of drug-likeness (QED) is 0.537. The molecule has 1 saturated heterocycles. The number of urea groups is 1. The van der Waals surface area contributed by atoms with Gasteiger partial charge in [0.15, 0.2) is 0 Å². The number of carbonyl (C=O) groups excluding carboxylic acids is 4. The van der Waals surface area contributed by atoms with Crippen LogP contribution in [0.1, 0.15) is 23.6 Å². The Morgan fingerprint density at radius 1 is 1.12 bits per heavy atom. The maximum atomic E-state index is 13.1. The number of nitrogens with two attached hydrogens (primary N) is 1. The molecule has 0 aliphatic carbocycles. The van der Waals surface area contributed by atoms with E-state index in [-0.39, 0.29) is 13.0 Å². The first-order valence-corrected chi connectivity index (χ1v) is 10.1. The third kappa shape index (κ3) is 4.93. The highest BCUT2D eigenvalue weighted by Gasteiger charge is 2.49. The maximum absolute atomic E-state index is 13.1. The Morgan fingerprint density at radius 3 is 2.34 bits per heavy atom. The molecule has 2 unspecified atom stereocenters. The van der Waals surface area contributed by atoms with Gasteiger partial charge in [-0.2, -0.15) is 0 Å². The Bertz CT molecular complexity index is 1040. The lowest BCUT2D eigenvalue weighted by molar-refractivity contribution is -0.135. The average molecular weight is 440 g/mol. The minimum absolute atomic E-state index is 0.0789. The van der Waals surface area contributed by atoms with Crippen LogP contribution in [0, 0.1) is 18.7 Å². The summed E-state index contributed by atoms with van der Waals surface area (Å²) in [6.07, 6.45) is 0.213. The highest BCUT2D eigenvalue weighted by molar-refractivity contribution is 6.09. The zero-order valence-corrected chi connectivity index (χ0v) is 17.9. The number of hydrogen-bond donors (Lipinski definition) is 3. The van der Waals surface area contributed by atoms with Gasteiger partial charge in [0.1, 0.15) is 17.9 Å². The SMILES string of the molecule is Cc1ccc(C2(C)NC(=O)N(CC(=O)NCC(Cc3ccc(F)cc3)C(N)=O)C2=O)cc1. The molecule has 4 N–H and O–H groups in total. The summed E-state index contributed by atoms with van der Waals surface area (Å²) in [6, 6.07) is 12.1. The van der Waals surface area contributed by atoms with Crippen molar-refractivity contribution in [3.8, 4) is 0 Å². The van der Waals surface area contributed by atoms with Gasteiger partial charge in [-0.25, -0.2) is 9.18 Å². The molecule has 0 aromatic heterocycles. The average Bonchev–Trinajstić information content (AvgIpc) is 2.96. The van der Waals surface area contributed by atoms with Crippen LogP contribution in [0.25, 0.3) is 0 Å². The molecule has 0 saturated carbocycles. The standard InChI is InChI=1S/C23H25FN4O4/c1-14-3-7-17(8-4-14)23(2)21(31)28(22(32)27-23)13-19(29)26-12-16(20(25)30)11-15-5-9-18(24)10-6-15/h3-10,16H,11-13H2,1-2H3,(H2,25,30)(H,26,29)(H,27,32). The first kappa shape index (κ1) is 22.9. The summed E-state index contributed by atoms with van der Waals surface area (Å²) in [4.78, 5) is 50.4. The number of rotatable bonds is 8. The highest BCUT2D eigenvalue weighted by Crippen LogP contribution is 2.28. The number of nitrogens with one attached hydrogen (secondary N) is 2. The first-order valence-electron chi connectivity index (χ1n) is 10.1. The van der Waals surface area contributed by atoms with Gasteiger partial charge in [-0.15, -0.1) is 0 Å². The van der Waals surface area contributed by atoms with Gasteiger partial charge in [0.05, 0.1) is 5.92 Å². The Morgan fingerprint density at radius 2 is 1.75 bits per heavy atom. The van der Waals surface area contributed by atoms with Crippen LogP contribution in [0.4, 0.5) is 9.18 Å². The van der Waals surface area contributed by atoms with Crippen molar-refractivity contribution in [2.24, 2.45) is 11.7 Å². The van der Waals surface area contributed by atoms with E-state index in [9.17, 15) is 23.6 Å². The van der Waals surface area contributed by atoms with E-state index in [4.69, 9.17) is 5.73 Å². The molecular formula is C23H25FN4O4. The van der Waals surface area contributed by atoms with Crippen LogP contribution in [-0.2, 0) is 26.3 Å². The van der Waals surface area contributed by atoms with Crippen molar-refractivity contribution in [2.75, 3.05) is 13.1 Å². The summed E-state index contributed by atoms with van der Waals surface area (Å²) in [5.41, 5.74) is 6.46. The van der Waals surface area contributed by atoms with Crippen molar-refractivity contribution in [3.63, 3.8) is 0 Å². The van der Waals surface area contributed by atoms with Gasteiger partial charge in [-0.1, -0.05) is 42.0 Å². The van der Waals surface area contributed by atoms with Crippen LogP contribution in [-0.4, -0.2) is 41.7 Å². The van der Waals surface area contributed by atoms with Crippen LogP contribution < -0.4 is 16.4 Å². The number of hydrogen-bond acceptors (Lipinski definition) is 4. The first-order chi connectivity index (χ1) is 15.1. The Labute approximate surface area is 185 Å². The minimum atomic E-state index is -1.27. The Balaban J connectivity index is 1.61. The smallest absolute Gasteiger partial charge is 0.325 e. The number of benzene rings is 2. The number of primary amides is 1. The number of aryl methyl sites for hydroxylation is 1. The third-order valence-electron chi connectivity index (χ3n) is 5.55. The molecule has 5 amide bonds. The Hall–Kier alpha value is -3.75. The lowest BCUT2D eigenvalue weighted by atomic mass is 9.91. The molecule has 1 aliphatic rings. The highest BCUT2D eigenvalue weighted by atomic mass is 19.1. The van der Waals surface area contributed by atoms with E-state index in [1.165, 1.54) is 24.3 Å². The molecule has 0 radical (unpaired) electrons. The fourth-order valence-electron chi connectivity index (χ4n) is 3.54. The normalized spacial score (nSPS) is 18.9. The molecule has 3 rings (SSSR count). The molecule has 9 heteroatoms. The van der Waals surface area contributed by atoms with Crippen molar-refractivity contribution in [2.45, 2.75) is 25.8 Å². The number of carbonyl (C=O) groups is 4. The van der Waals surface area contributed by atoms with Crippen LogP contribution in [0.2, 0.25) is 0 Å². The van der Waals surface area contributed by atoms with Crippen molar-refractivity contribution in [3.05, 3.63) is 71.0 Å². The zero-order valence-electron chi connectivity index (χ0n) is 17.9. The van der Waals surface area contributed by atoms with Crippen molar-refractivity contribution < 1.29 is 23.6 Å². The van der Waals surface area contributed by atoms with Gasteiger partial charge < -0.3 is 16.4 Å². The molecule has 2 atom stereocenters. The number of amides is 5. The minimum Gasteiger partial charge on any atom is -0.369 e. The van der Waals surface area contributed by atoms with Crippen molar-refractivity contribution in [1.29, 1.82) is 0 Å². The Kier molecular flexibility index (Phi) is 6.57. The predicted molar refractivity (Wildman–Crippen MR) is 115 cm³/mol. The van der Waals surface area contributed by atoms with E-state index >= 15 is 0 Å². The summed E-state index contributed by atoms with van der Waals surface area (Å²) in [5, 5.41) is 5.19. The zero-order chi connectivity index (χ0) is 23.5. The number of imide groups is 1. The second-order valence-electron chi connectivity index (χ2n) is 8.05. The summed E-state index contributed by atoms with van der Waals surface area (Å²) in [6.45, 7) is 2.92. The second-order valence-corrected chi connectivity index (χ2v) is 8.05. The molecular weight excluding hydrogens is 415 g/mol. The fraction of sp³-hybridized carbons (Fsp3) is 0.304. The van der Waals surface area contributed by atoms with E-state index in [2.05, 4.69) is 10.6 Å². The topological polar surface area (TPSA) is 122 Å². The molecule has 168 valence electrons. The molecule has 0 bridgehead atoms. The second kappa shape index (κ2) is 9.17. The number of halogens is 1. The third-order valence-corrected chi connectivity index (χ3v) is 5.55. The molecule has 32 heavy (non-hydrogen) atoms. The van der Waals surface area contributed by atoms with E-state index in [0.717, 1.165) is 10.5 Å². The van der Waals surface area contributed by atoms with E-state index in [1.54, 1.807) is 19.1 Å². The molecule has 2 aromatic carbocycles. The van der Waals surface area contributed by atoms with E-state index in [0.29, 0.717) is 11.1 Å². The summed E-state index contributed by atoms with van der Waals surface area (Å²) in [7, 11) is 0. The fourth-order valence-corrected chi connectivity index (χ4v) is 3.54. The van der Waals surface area contributed by atoms with Gasteiger partial charge in [0, 0.05) is 6.54 Å². The van der Waals surface area contributed by atoms with E-state index in [1.807, 2.05) is 19.1 Å². The summed E-state index contributed by atoms with van der Waals surface area (Å²) >= 11 is 0. The van der Waals surface area contributed by atoms with Crippen LogP contribution in [0.5, 0.6) is 0 Å². The van der Waals surface area contributed by atoms with Crippen LogP contribution >= 0.6 is 0 Å². The van der Waals surface area contributed by atoms with Gasteiger partial charge >= 0.3 is 6.03 Å². The molecule has 1 fully saturated rings. The molecule has 1 heterocycles. The van der Waals surface area contributed by atoms with Crippen LogP contribution in [0.3, 0.4) is 0 Å². The lowest BCUT2D eigenvalue weighted by Crippen LogP contribution is -2.45. The van der Waals surface area contributed by atoms with Gasteiger partial charge in [0.2, 0.25) is 11.8 Å². The molecule has 2 aromatic rings. The van der Waals surface area contributed by atoms with Crippen LogP contribution in [0.15, 0.2) is 48.5 Å². The van der Waals surface area contributed by atoms with Gasteiger partial charge in [-0.05, 0) is 43.5 Å². The molecule has 8 nitrogen and oxygen atoms in total. The van der Waals surface area contributed by atoms with Crippen molar-refractivity contribution in [1.82, 2.24) is 15.5 Å². The predicted octanol–water partition coefficient (Wildman–Crippen LogP) is 1.36. The maximum Gasteiger partial charge on any atom is 0.325 e. The van der Waals surface area contributed by atoms with Gasteiger partial charge in [0.25, 0.3) is 5.91 Å². The summed E-state index contributed by atoms with van der Waals surface area (Å²) in [5.74, 6) is -2.91. The number of nitrogens with zero attached hydrogens (tertiary/aromatic N) is 1.